The summed E-state index contributed by atoms with van der Waals surface area (Å²) in [5, 5.41) is 37.2. The number of aliphatic hydroxyl groups is 4. The third kappa shape index (κ3) is 15.6. The number of anilines is 2. The third-order valence-corrected chi connectivity index (χ3v) is 11.0. The lowest BCUT2D eigenvalue weighted by molar-refractivity contribution is -0.692. The normalized spacial score (nSPS) is 12.5. The minimum Gasteiger partial charge on any atom is -0.395 e. The highest BCUT2D eigenvalue weighted by molar-refractivity contribution is 8.76. The highest BCUT2D eigenvalue weighted by Crippen LogP contribution is 2.24. The lowest BCUT2D eigenvalue weighted by Gasteiger charge is -2.23. The molecule has 0 fully saturated rings. The summed E-state index contributed by atoms with van der Waals surface area (Å²) in [4.78, 5) is 8.64. The Hall–Kier alpha value is -2.86. The van der Waals surface area contributed by atoms with Crippen LogP contribution in [0.1, 0.15) is 55.7 Å². The van der Waals surface area contributed by atoms with Crippen molar-refractivity contribution < 1.29 is 25.0 Å². The molecule has 3 rings (SSSR count). The summed E-state index contributed by atoms with van der Waals surface area (Å²) >= 11 is 0. The van der Waals surface area contributed by atoms with Gasteiger partial charge in [-0.25, -0.2) is 4.57 Å². The first-order chi connectivity index (χ1) is 24.5. The molecule has 8 nitrogen and oxygen atoms in total. The zero-order valence-electron chi connectivity index (χ0n) is 30.1. The molecule has 0 radical (unpaired) electrons. The number of hydrogen-bond donors (Lipinski definition) is 4. The molecule has 0 aliphatic carbocycles. The summed E-state index contributed by atoms with van der Waals surface area (Å²) in [5.74, 6) is 2.44. The van der Waals surface area contributed by atoms with E-state index in [0.29, 0.717) is 32.1 Å². The molecule has 0 aliphatic rings. The monoisotopic (exact) mass is 723 g/mol. The Morgan fingerprint density at radius 3 is 1.86 bits per heavy atom. The smallest absolute Gasteiger partial charge is 0.169 e. The lowest BCUT2D eigenvalue weighted by Crippen LogP contribution is -2.33. The van der Waals surface area contributed by atoms with Crippen LogP contribution >= 0.6 is 21.6 Å². The Kier molecular flexibility index (Phi) is 20.9. The first kappa shape index (κ1) is 41.6. The zero-order valence-corrected chi connectivity index (χ0v) is 31.7. The topological polar surface area (TPSA) is 104 Å². The maximum Gasteiger partial charge on any atom is 0.169 e. The largest absolute Gasteiger partial charge is 0.395 e. The average molecular weight is 724 g/mol. The van der Waals surface area contributed by atoms with Gasteiger partial charge in [0.2, 0.25) is 0 Å². The lowest BCUT2D eigenvalue weighted by atomic mass is 9.94. The Morgan fingerprint density at radius 1 is 0.740 bits per heavy atom. The standard InChI is InChI=1S/C40H59N4O4S2/c1-3-4-35(5-6-36-7-11-39(12-8-36)43(22-27-45)23-28-46)15-18-41-19-31-49-50-32-26-42-20-16-37(17-21-42)33-34(2)38-9-13-40(14-10-38)44(24-29-47)25-30-48/h7-18,20-21,34,45-48H,3-6,19,22-33H2,1-2H3/q+1/b35-15+,41-18+. The van der Waals surface area contributed by atoms with Crippen molar-refractivity contribution in [2.75, 3.05) is 80.5 Å². The number of aromatic nitrogens is 1. The molecule has 0 amide bonds. The van der Waals surface area contributed by atoms with Crippen LogP contribution in [-0.2, 0) is 19.4 Å². The van der Waals surface area contributed by atoms with Gasteiger partial charge in [0.05, 0.1) is 32.2 Å². The predicted molar refractivity (Wildman–Crippen MR) is 214 cm³/mol. The number of aryl methyl sites for hydroxylation is 2. The van der Waals surface area contributed by atoms with Gasteiger partial charge in [-0.15, -0.1) is 0 Å². The maximum atomic E-state index is 9.31. The van der Waals surface area contributed by atoms with E-state index in [1.807, 2.05) is 37.6 Å². The quantitative estimate of drug-likeness (QED) is 0.0362. The number of aliphatic hydroxyl groups excluding tert-OH is 4. The van der Waals surface area contributed by atoms with Crippen molar-refractivity contribution in [1.29, 1.82) is 0 Å². The van der Waals surface area contributed by atoms with Gasteiger partial charge in [0.15, 0.2) is 18.9 Å². The number of benzene rings is 2. The Balaban J connectivity index is 1.32. The van der Waals surface area contributed by atoms with E-state index in [4.69, 9.17) is 0 Å². The molecular formula is C40H59N4O4S2+. The van der Waals surface area contributed by atoms with Crippen molar-refractivity contribution in [2.45, 2.75) is 58.4 Å². The second-order valence-corrected chi connectivity index (χ2v) is 15.2. The first-order valence-corrected chi connectivity index (χ1v) is 20.5. The molecule has 0 bridgehead atoms. The van der Waals surface area contributed by atoms with Gasteiger partial charge in [0.1, 0.15) is 0 Å². The minimum atomic E-state index is 0.0681. The summed E-state index contributed by atoms with van der Waals surface area (Å²) in [7, 11) is 3.79. The van der Waals surface area contributed by atoms with Crippen molar-refractivity contribution in [3.05, 3.63) is 101 Å². The van der Waals surface area contributed by atoms with E-state index >= 15 is 0 Å². The maximum absolute atomic E-state index is 9.31. The highest BCUT2D eigenvalue weighted by atomic mass is 33.1. The second kappa shape index (κ2) is 25.2. The summed E-state index contributed by atoms with van der Waals surface area (Å²) in [6.07, 6.45) is 13.7. The number of aliphatic imine (C=N–C) groups is 1. The van der Waals surface area contributed by atoms with E-state index < -0.39 is 0 Å². The van der Waals surface area contributed by atoms with E-state index in [1.165, 1.54) is 22.3 Å². The molecule has 10 heteroatoms. The summed E-state index contributed by atoms with van der Waals surface area (Å²) < 4.78 is 2.25. The SMILES string of the molecule is CCC/C(=C\C=N\CCSSCC[n+]1ccc(CC(C)c2ccc(N(CCO)CCO)cc2)cc1)CCc1ccc(N(CCO)CCO)cc1. The molecule has 1 unspecified atom stereocenters. The van der Waals surface area contributed by atoms with Gasteiger partial charge in [-0.2, -0.15) is 0 Å². The van der Waals surface area contributed by atoms with Crippen molar-refractivity contribution >= 4 is 39.2 Å². The number of nitrogens with zero attached hydrogens (tertiary/aromatic N) is 4. The van der Waals surface area contributed by atoms with Crippen molar-refractivity contribution in [3.63, 3.8) is 0 Å². The van der Waals surface area contributed by atoms with Crippen molar-refractivity contribution in [1.82, 2.24) is 0 Å². The van der Waals surface area contributed by atoms with Gasteiger partial charge in [0, 0.05) is 68.2 Å². The number of pyridine rings is 1. The molecule has 1 aromatic heterocycles. The van der Waals surface area contributed by atoms with Crippen LogP contribution < -0.4 is 14.4 Å². The summed E-state index contributed by atoms with van der Waals surface area (Å²) in [6.45, 7) is 8.63. The first-order valence-electron chi connectivity index (χ1n) is 18.0. The average Bonchev–Trinajstić information content (AvgIpc) is 3.14. The van der Waals surface area contributed by atoms with Crippen molar-refractivity contribution in [3.8, 4) is 0 Å². The van der Waals surface area contributed by atoms with Gasteiger partial charge in [-0.3, -0.25) is 4.99 Å². The molecular weight excluding hydrogens is 665 g/mol. The van der Waals surface area contributed by atoms with E-state index in [0.717, 1.165) is 68.1 Å². The van der Waals surface area contributed by atoms with Crippen LogP contribution in [0.15, 0.2) is 89.7 Å². The minimum absolute atomic E-state index is 0.0681. The van der Waals surface area contributed by atoms with E-state index in [1.54, 1.807) is 0 Å². The highest BCUT2D eigenvalue weighted by Gasteiger charge is 2.11. The Morgan fingerprint density at radius 2 is 1.30 bits per heavy atom. The molecule has 3 aromatic rings. The van der Waals surface area contributed by atoms with Gasteiger partial charge in [-0.05, 0) is 78.6 Å². The molecule has 0 spiro atoms. The van der Waals surface area contributed by atoms with Crippen LogP contribution in [0.4, 0.5) is 11.4 Å². The Bertz CT molecular complexity index is 1360. The van der Waals surface area contributed by atoms with E-state index in [2.05, 4.69) is 103 Å². The molecule has 0 aliphatic heterocycles. The van der Waals surface area contributed by atoms with Gasteiger partial charge >= 0.3 is 0 Å². The van der Waals surface area contributed by atoms with Crippen LogP contribution in [0.2, 0.25) is 0 Å². The summed E-state index contributed by atoms with van der Waals surface area (Å²) in [5.41, 5.74) is 7.39. The molecule has 1 atom stereocenters. The number of allylic oxidation sites excluding steroid dienone is 2. The Labute approximate surface area is 308 Å². The van der Waals surface area contributed by atoms with Gasteiger partial charge < -0.3 is 30.2 Å². The molecule has 0 saturated heterocycles. The molecule has 274 valence electrons. The zero-order chi connectivity index (χ0) is 35.8. The van der Waals surface area contributed by atoms with Gasteiger partial charge in [0.25, 0.3) is 0 Å². The molecule has 50 heavy (non-hydrogen) atoms. The van der Waals surface area contributed by atoms with Crippen LogP contribution in [0.25, 0.3) is 0 Å². The second-order valence-electron chi connectivity index (χ2n) is 12.5. The fourth-order valence-electron chi connectivity index (χ4n) is 5.86. The third-order valence-electron chi connectivity index (χ3n) is 8.65. The fraction of sp³-hybridized carbons (Fsp3) is 0.500. The molecule has 2 aromatic carbocycles. The van der Waals surface area contributed by atoms with E-state index in [9.17, 15) is 20.4 Å². The number of hydrogen-bond acceptors (Lipinski definition) is 9. The fourth-order valence-corrected chi connectivity index (χ4v) is 7.71. The van der Waals surface area contributed by atoms with Crippen LogP contribution in [0.5, 0.6) is 0 Å². The van der Waals surface area contributed by atoms with Crippen LogP contribution in [0, 0.1) is 0 Å². The van der Waals surface area contributed by atoms with Crippen molar-refractivity contribution in [2.24, 2.45) is 4.99 Å². The predicted octanol–water partition coefficient (Wildman–Crippen LogP) is 5.71. The van der Waals surface area contributed by atoms with Crippen LogP contribution in [-0.4, -0.2) is 97.3 Å². The summed E-state index contributed by atoms with van der Waals surface area (Å²) in [6, 6.07) is 21.4. The van der Waals surface area contributed by atoms with Crippen LogP contribution in [0.3, 0.4) is 0 Å². The molecule has 0 saturated carbocycles. The molecule has 4 N–H and O–H groups in total. The van der Waals surface area contributed by atoms with Gasteiger partial charge in [-0.1, -0.05) is 71.7 Å². The molecule has 1 heterocycles. The van der Waals surface area contributed by atoms with E-state index in [-0.39, 0.29) is 26.4 Å². The number of rotatable bonds is 26.